The second-order valence-corrected chi connectivity index (χ2v) is 4.76. The molecule has 16 heavy (non-hydrogen) atoms. The van der Waals surface area contributed by atoms with Crippen LogP contribution >= 0.6 is 0 Å². The molecular formula is C11H18N4O. The van der Waals surface area contributed by atoms with Crippen molar-refractivity contribution in [2.45, 2.75) is 26.3 Å². The van der Waals surface area contributed by atoms with E-state index in [1.165, 1.54) is 12.8 Å². The molecule has 2 aliphatic rings. The molecule has 1 unspecified atom stereocenters. The minimum absolute atomic E-state index is 0.678. The molecule has 0 radical (unpaired) electrons. The van der Waals surface area contributed by atoms with Gasteiger partial charge in [0.25, 0.3) is 0 Å². The van der Waals surface area contributed by atoms with E-state index in [2.05, 4.69) is 15.4 Å². The molecule has 5 heteroatoms. The Bertz CT molecular complexity index is 370. The van der Waals surface area contributed by atoms with Crippen LogP contribution in [0.2, 0.25) is 0 Å². The van der Waals surface area contributed by atoms with Crippen LogP contribution in [0.5, 0.6) is 0 Å². The first-order valence-corrected chi connectivity index (χ1v) is 6.06. The monoisotopic (exact) mass is 222 g/mol. The highest BCUT2D eigenvalue weighted by molar-refractivity contribution is 5.27. The number of rotatable bonds is 1. The standard InChI is InChI=1S/C11H18N4O/c1-8-13-11-12-6-10(7-15(11)14-8)9-2-4-16-5-3-9/h9-10H,2-7H2,1H3,(H,12,13,14). The number of nitrogens with zero attached hydrogens (tertiary/aromatic N) is 3. The fourth-order valence-electron chi connectivity index (χ4n) is 2.73. The van der Waals surface area contributed by atoms with Crippen LogP contribution in [0.15, 0.2) is 0 Å². The van der Waals surface area contributed by atoms with Crippen molar-refractivity contribution in [1.82, 2.24) is 14.8 Å². The van der Waals surface area contributed by atoms with Crippen LogP contribution in [-0.4, -0.2) is 34.5 Å². The minimum Gasteiger partial charge on any atom is -0.381 e. The third kappa shape index (κ3) is 1.80. The van der Waals surface area contributed by atoms with E-state index in [4.69, 9.17) is 4.74 Å². The topological polar surface area (TPSA) is 52.0 Å². The van der Waals surface area contributed by atoms with Gasteiger partial charge >= 0.3 is 0 Å². The zero-order valence-corrected chi connectivity index (χ0v) is 9.65. The maximum absolute atomic E-state index is 5.41. The molecular weight excluding hydrogens is 204 g/mol. The van der Waals surface area contributed by atoms with E-state index in [0.717, 1.165) is 44.0 Å². The van der Waals surface area contributed by atoms with Crippen molar-refractivity contribution < 1.29 is 4.74 Å². The molecule has 2 aliphatic heterocycles. The Balaban J connectivity index is 1.71. The molecule has 5 nitrogen and oxygen atoms in total. The van der Waals surface area contributed by atoms with E-state index >= 15 is 0 Å². The van der Waals surface area contributed by atoms with Gasteiger partial charge in [0.2, 0.25) is 5.95 Å². The van der Waals surface area contributed by atoms with Gasteiger partial charge in [-0.2, -0.15) is 10.1 Å². The van der Waals surface area contributed by atoms with E-state index in [-0.39, 0.29) is 0 Å². The fourth-order valence-corrected chi connectivity index (χ4v) is 2.73. The molecule has 0 aliphatic carbocycles. The molecule has 1 aromatic rings. The Hall–Kier alpha value is -1.10. The highest BCUT2D eigenvalue weighted by atomic mass is 16.5. The maximum atomic E-state index is 5.41. The van der Waals surface area contributed by atoms with Crippen molar-refractivity contribution in [3.05, 3.63) is 5.82 Å². The van der Waals surface area contributed by atoms with Gasteiger partial charge in [-0.3, -0.25) is 0 Å². The molecule has 1 atom stereocenters. The first-order valence-electron chi connectivity index (χ1n) is 6.06. The number of anilines is 1. The second-order valence-electron chi connectivity index (χ2n) is 4.76. The lowest BCUT2D eigenvalue weighted by molar-refractivity contribution is 0.0438. The molecule has 1 saturated heterocycles. The van der Waals surface area contributed by atoms with Crippen LogP contribution in [0, 0.1) is 18.8 Å². The lowest BCUT2D eigenvalue weighted by atomic mass is 9.85. The largest absolute Gasteiger partial charge is 0.381 e. The molecule has 3 heterocycles. The van der Waals surface area contributed by atoms with E-state index < -0.39 is 0 Å². The van der Waals surface area contributed by atoms with E-state index in [1.807, 2.05) is 11.6 Å². The lowest BCUT2D eigenvalue weighted by Gasteiger charge is -2.33. The first kappa shape index (κ1) is 10.1. The summed E-state index contributed by atoms with van der Waals surface area (Å²) < 4.78 is 7.42. The predicted octanol–water partition coefficient (Wildman–Crippen LogP) is 1.05. The van der Waals surface area contributed by atoms with Gasteiger partial charge < -0.3 is 10.1 Å². The molecule has 0 spiro atoms. The molecule has 0 bridgehead atoms. The second kappa shape index (κ2) is 4.05. The Morgan fingerprint density at radius 3 is 2.94 bits per heavy atom. The Kier molecular flexibility index (Phi) is 2.55. The highest BCUT2D eigenvalue weighted by Gasteiger charge is 2.28. The van der Waals surface area contributed by atoms with Gasteiger partial charge in [-0.1, -0.05) is 0 Å². The van der Waals surface area contributed by atoms with Crippen LogP contribution in [0.4, 0.5) is 5.95 Å². The van der Waals surface area contributed by atoms with Crippen LogP contribution in [-0.2, 0) is 11.3 Å². The number of hydrogen-bond acceptors (Lipinski definition) is 4. The van der Waals surface area contributed by atoms with Crippen LogP contribution in [0.25, 0.3) is 0 Å². The lowest BCUT2D eigenvalue weighted by Crippen LogP contribution is -2.35. The molecule has 3 rings (SSSR count). The molecule has 1 N–H and O–H groups in total. The highest BCUT2D eigenvalue weighted by Crippen LogP contribution is 2.28. The van der Waals surface area contributed by atoms with Gasteiger partial charge in [0, 0.05) is 26.3 Å². The van der Waals surface area contributed by atoms with Gasteiger partial charge in [-0.05, 0) is 31.6 Å². The third-order valence-electron chi connectivity index (χ3n) is 3.64. The van der Waals surface area contributed by atoms with Gasteiger partial charge in [-0.25, -0.2) is 4.68 Å². The Morgan fingerprint density at radius 2 is 2.12 bits per heavy atom. The molecule has 0 aromatic carbocycles. The minimum atomic E-state index is 0.678. The summed E-state index contributed by atoms with van der Waals surface area (Å²) in [4.78, 5) is 4.35. The van der Waals surface area contributed by atoms with Crippen LogP contribution in [0.1, 0.15) is 18.7 Å². The maximum Gasteiger partial charge on any atom is 0.221 e. The SMILES string of the molecule is Cc1nc2n(n1)CC(C1CCOCC1)CN2. The van der Waals surface area contributed by atoms with E-state index in [1.54, 1.807) is 0 Å². The zero-order chi connectivity index (χ0) is 11.0. The van der Waals surface area contributed by atoms with Gasteiger partial charge in [0.1, 0.15) is 5.82 Å². The summed E-state index contributed by atoms with van der Waals surface area (Å²) in [6.07, 6.45) is 2.38. The van der Waals surface area contributed by atoms with Crippen LogP contribution in [0.3, 0.4) is 0 Å². The van der Waals surface area contributed by atoms with E-state index in [0.29, 0.717) is 5.92 Å². The van der Waals surface area contributed by atoms with Crippen molar-refractivity contribution in [3.8, 4) is 0 Å². The zero-order valence-electron chi connectivity index (χ0n) is 9.65. The molecule has 88 valence electrons. The Morgan fingerprint density at radius 1 is 1.31 bits per heavy atom. The van der Waals surface area contributed by atoms with Crippen molar-refractivity contribution in [2.24, 2.45) is 11.8 Å². The number of aromatic nitrogens is 3. The smallest absolute Gasteiger partial charge is 0.221 e. The third-order valence-corrected chi connectivity index (χ3v) is 3.64. The fraction of sp³-hybridized carbons (Fsp3) is 0.818. The number of fused-ring (bicyclic) bond motifs is 1. The summed E-state index contributed by atoms with van der Waals surface area (Å²) in [5.41, 5.74) is 0. The average molecular weight is 222 g/mol. The first-order chi connectivity index (χ1) is 7.83. The van der Waals surface area contributed by atoms with Crippen molar-refractivity contribution in [3.63, 3.8) is 0 Å². The number of aryl methyl sites for hydroxylation is 1. The summed E-state index contributed by atoms with van der Waals surface area (Å²) in [5, 5.41) is 7.79. The summed E-state index contributed by atoms with van der Waals surface area (Å²) in [7, 11) is 0. The molecule has 1 aromatic heterocycles. The number of ether oxygens (including phenoxy) is 1. The summed E-state index contributed by atoms with van der Waals surface area (Å²) in [6, 6.07) is 0. The summed E-state index contributed by atoms with van der Waals surface area (Å²) in [5.74, 6) is 3.24. The number of nitrogens with one attached hydrogen (secondary N) is 1. The summed E-state index contributed by atoms with van der Waals surface area (Å²) in [6.45, 7) is 5.82. The normalized spacial score (nSPS) is 26.2. The predicted molar refractivity (Wildman–Crippen MR) is 60.3 cm³/mol. The van der Waals surface area contributed by atoms with Gasteiger partial charge in [0.05, 0.1) is 0 Å². The quantitative estimate of drug-likeness (QED) is 0.772. The van der Waals surface area contributed by atoms with Gasteiger partial charge in [0.15, 0.2) is 0 Å². The molecule has 0 amide bonds. The van der Waals surface area contributed by atoms with Crippen LogP contribution < -0.4 is 5.32 Å². The molecule has 0 saturated carbocycles. The van der Waals surface area contributed by atoms with Crippen molar-refractivity contribution in [2.75, 3.05) is 25.1 Å². The molecule has 1 fully saturated rings. The average Bonchev–Trinajstić information content (AvgIpc) is 2.69. The summed E-state index contributed by atoms with van der Waals surface area (Å²) >= 11 is 0. The van der Waals surface area contributed by atoms with Gasteiger partial charge in [-0.15, -0.1) is 0 Å². The van der Waals surface area contributed by atoms with E-state index in [9.17, 15) is 0 Å². The van der Waals surface area contributed by atoms with Crippen molar-refractivity contribution in [1.29, 1.82) is 0 Å². The Labute approximate surface area is 95.2 Å². The van der Waals surface area contributed by atoms with Crippen molar-refractivity contribution >= 4 is 5.95 Å². The number of hydrogen-bond donors (Lipinski definition) is 1.